The molecule has 0 saturated carbocycles. The summed E-state index contributed by atoms with van der Waals surface area (Å²) in [6.07, 6.45) is 0. The van der Waals surface area contributed by atoms with Crippen molar-refractivity contribution in [3.63, 3.8) is 0 Å². The average Bonchev–Trinajstić information content (AvgIpc) is 2.86. The Hall–Kier alpha value is -1.89. The Morgan fingerprint density at radius 2 is 2.50 bits per heavy atom. The van der Waals surface area contributed by atoms with Crippen LogP contribution in [0.15, 0.2) is 16.0 Å². The van der Waals surface area contributed by atoms with Crippen LogP contribution in [0.4, 0.5) is 5.00 Å². The highest BCUT2D eigenvalue weighted by Crippen LogP contribution is 2.28. The molecule has 0 amide bonds. The monoisotopic (exact) mass is 239 g/mol. The fraction of sp³-hybridized carbons (Fsp3) is 0.222. The lowest BCUT2D eigenvalue weighted by Gasteiger charge is -1.93. The average molecular weight is 239 g/mol. The van der Waals surface area contributed by atoms with E-state index in [0.717, 1.165) is 0 Å². The van der Waals surface area contributed by atoms with Crippen LogP contribution in [0.3, 0.4) is 0 Å². The molecule has 2 aromatic rings. The predicted octanol–water partition coefficient (Wildman–Crippen LogP) is 1.56. The number of ether oxygens (including phenoxy) is 1. The van der Waals surface area contributed by atoms with Crippen molar-refractivity contribution in [3.8, 4) is 11.5 Å². The summed E-state index contributed by atoms with van der Waals surface area (Å²) in [5.41, 5.74) is 6.32. The minimum absolute atomic E-state index is 0.0950. The van der Waals surface area contributed by atoms with E-state index in [1.54, 1.807) is 18.4 Å². The van der Waals surface area contributed by atoms with Gasteiger partial charge in [-0.3, -0.25) is 0 Å². The number of esters is 1. The number of thiophene rings is 1. The van der Waals surface area contributed by atoms with Crippen molar-refractivity contribution in [2.24, 2.45) is 0 Å². The third-order valence-corrected chi connectivity index (χ3v) is 2.56. The van der Waals surface area contributed by atoms with E-state index in [-0.39, 0.29) is 18.3 Å². The first-order valence-corrected chi connectivity index (χ1v) is 5.44. The molecule has 2 heterocycles. The first kappa shape index (κ1) is 10.6. The molecular formula is C9H9N3O3S. The summed E-state index contributed by atoms with van der Waals surface area (Å²) in [5.74, 6) is -0.476. The van der Waals surface area contributed by atoms with Crippen molar-refractivity contribution in [2.75, 3.05) is 12.3 Å². The second kappa shape index (κ2) is 4.31. The van der Waals surface area contributed by atoms with E-state index in [0.29, 0.717) is 10.6 Å². The molecule has 0 aliphatic heterocycles. The number of nitrogens with zero attached hydrogens (tertiary/aromatic N) is 2. The highest BCUT2D eigenvalue weighted by molar-refractivity contribution is 7.14. The first-order chi connectivity index (χ1) is 7.72. The molecule has 0 spiro atoms. The number of hydrogen-bond donors (Lipinski definition) is 1. The van der Waals surface area contributed by atoms with Crippen molar-refractivity contribution < 1.29 is 14.1 Å². The van der Waals surface area contributed by atoms with Crippen LogP contribution in [0.2, 0.25) is 0 Å². The molecule has 0 fully saturated rings. The number of carbonyl (C=O) groups is 1. The fourth-order valence-electron chi connectivity index (χ4n) is 1.11. The van der Waals surface area contributed by atoms with E-state index in [1.165, 1.54) is 11.3 Å². The van der Waals surface area contributed by atoms with Crippen LogP contribution in [0.5, 0.6) is 0 Å². The molecule has 2 N–H and O–H groups in total. The molecule has 7 heteroatoms. The highest BCUT2D eigenvalue weighted by Gasteiger charge is 2.18. The maximum atomic E-state index is 11.3. The third kappa shape index (κ3) is 1.89. The van der Waals surface area contributed by atoms with E-state index in [1.807, 2.05) is 0 Å². The topological polar surface area (TPSA) is 91.2 Å². The zero-order valence-electron chi connectivity index (χ0n) is 8.47. The number of nitrogens with two attached hydrogens (primary N) is 1. The molecule has 0 radical (unpaired) electrons. The number of nitrogen functional groups attached to an aromatic ring is 1. The van der Waals surface area contributed by atoms with Crippen molar-refractivity contribution in [1.29, 1.82) is 0 Å². The standard InChI is InChI=1S/C9H9N3O3S/c1-2-14-9(13)7-11-8(15-12-7)5-3-4-16-6(5)10/h3-4H,2,10H2,1H3. The summed E-state index contributed by atoms with van der Waals surface area (Å²) >= 11 is 1.36. The van der Waals surface area contributed by atoms with Crippen LogP contribution in [0.25, 0.3) is 11.5 Å². The number of hydrogen-bond acceptors (Lipinski definition) is 7. The van der Waals surface area contributed by atoms with Crippen LogP contribution >= 0.6 is 11.3 Å². The SMILES string of the molecule is CCOC(=O)c1noc(-c2ccsc2N)n1. The first-order valence-electron chi connectivity index (χ1n) is 4.56. The molecule has 0 aliphatic carbocycles. The third-order valence-electron chi connectivity index (χ3n) is 1.81. The lowest BCUT2D eigenvalue weighted by molar-refractivity contribution is 0.0508. The summed E-state index contributed by atoms with van der Waals surface area (Å²) in [5, 5.41) is 5.89. The van der Waals surface area contributed by atoms with Crippen LogP contribution < -0.4 is 5.73 Å². The van der Waals surface area contributed by atoms with E-state index < -0.39 is 5.97 Å². The van der Waals surface area contributed by atoms with Gasteiger partial charge in [0.1, 0.15) is 0 Å². The van der Waals surface area contributed by atoms with Gasteiger partial charge in [-0.05, 0) is 23.5 Å². The molecule has 2 rings (SSSR count). The Morgan fingerprint density at radius 3 is 3.12 bits per heavy atom. The molecule has 0 atom stereocenters. The fourth-order valence-corrected chi connectivity index (χ4v) is 1.74. The smallest absolute Gasteiger partial charge is 0.379 e. The van der Waals surface area contributed by atoms with Gasteiger partial charge < -0.3 is 15.0 Å². The van der Waals surface area contributed by atoms with E-state index in [4.69, 9.17) is 15.0 Å². The maximum absolute atomic E-state index is 11.3. The molecule has 0 aromatic carbocycles. The molecule has 6 nitrogen and oxygen atoms in total. The molecule has 0 saturated heterocycles. The van der Waals surface area contributed by atoms with Gasteiger partial charge in [-0.25, -0.2) is 4.79 Å². The molecule has 0 bridgehead atoms. The molecule has 16 heavy (non-hydrogen) atoms. The Balaban J connectivity index is 2.26. The molecule has 2 aromatic heterocycles. The van der Waals surface area contributed by atoms with Gasteiger partial charge in [-0.1, -0.05) is 0 Å². The van der Waals surface area contributed by atoms with Crippen molar-refractivity contribution in [1.82, 2.24) is 10.1 Å². The molecule has 84 valence electrons. The second-order valence-corrected chi connectivity index (χ2v) is 3.79. The Morgan fingerprint density at radius 1 is 1.69 bits per heavy atom. The second-order valence-electron chi connectivity index (χ2n) is 2.84. The Bertz CT molecular complexity index is 506. The lowest BCUT2D eigenvalue weighted by Crippen LogP contribution is -2.06. The number of rotatable bonds is 3. The van der Waals surface area contributed by atoms with Gasteiger partial charge in [0, 0.05) is 0 Å². The summed E-state index contributed by atoms with van der Waals surface area (Å²) in [7, 11) is 0. The van der Waals surface area contributed by atoms with Gasteiger partial charge in [-0.15, -0.1) is 11.3 Å². The summed E-state index contributed by atoms with van der Waals surface area (Å²) in [6.45, 7) is 1.97. The van der Waals surface area contributed by atoms with Crippen LogP contribution in [0.1, 0.15) is 17.5 Å². The maximum Gasteiger partial charge on any atom is 0.379 e. The van der Waals surface area contributed by atoms with Gasteiger partial charge in [0.25, 0.3) is 11.7 Å². The van der Waals surface area contributed by atoms with Gasteiger partial charge in [0.2, 0.25) is 0 Å². The minimum Gasteiger partial charge on any atom is -0.460 e. The quantitative estimate of drug-likeness (QED) is 0.817. The van der Waals surface area contributed by atoms with Gasteiger partial charge in [0.15, 0.2) is 0 Å². The van der Waals surface area contributed by atoms with E-state index in [9.17, 15) is 4.79 Å². The van der Waals surface area contributed by atoms with Crippen LogP contribution in [0, 0.1) is 0 Å². The Kier molecular flexibility index (Phi) is 2.86. The highest BCUT2D eigenvalue weighted by atomic mass is 32.1. The van der Waals surface area contributed by atoms with E-state index in [2.05, 4.69) is 10.1 Å². The lowest BCUT2D eigenvalue weighted by atomic mass is 10.3. The molecule has 0 aliphatic rings. The summed E-state index contributed by atoms with van der Waals surface area (Å²) in [6, 6.07) is 1.75. The summed E-state index contributed by atoms with van der Waals surface area (Å²) < 4.78 is 9.66. The minimum atomic E-state index is -0.605. The van der Waals surface area contributed by atoms with Crippen molar-refractivity contribution in [3.05, 3.63) is 17.3 Å². The number of anilines is 1. The van der Waals surface area contributed by atoms with Crippen molar-refractivity contribution in [2.45, 2.75) is 6.92 Å². The zero-order chi connectivity index (χ0) is 11.5. The summed E-state index contributed by atoms with van der Waals surface area (Å²) in [4.78, 5) is 15.2. The molecular weight excluding hydrogens is 230 g/mol. The van der Waals surface area contributed by atoms with Gasteiger partial charge in [-0.2, -0.15) is 4.98 Å². The number of aromatic nitrogens is 2. The largest absolute Gasteiger partial charge is 0.460 e. The van der Waals surface area contributed by atoms with Crippen LogP contribution in [-0.2, 0) is 4.74 Å². The normalized spacial score (nSPS) is 10.3. The number of carbonyl (C=O) groups excluding carboxylic acids is 1. The van der Waals surface area contributed by atoms with Crippen molar-refractivity contribution >= 4 is 22.3 Å². The van der Waals surface area contributed by atoms with Gasteiger partial charge >= 0.3 is 5.97 Å². The Labute approximate surface area is 95.0 Å². The molecule has 0 unspecified atom stereocenters. The zero-order valence-corrected chi connectivity index (χ0v) is 9.28. The van der Waals surface area contributed by atoms with Gasteiger partial charge in [0.05, 0.1) is 17.2 Å². The van der Waals surface area contributed by atoms with E-state index >= 15 is 0 Å². The predicted molar refractivity (Wildman–Crippen MR) is 58.0 cm³/mol. The van der Waals surface area contributed by atoms with Crippen LogP contribution in [-0.4, -0.2) is 22.7 Å².